The van der Waals surface area contributed by atoms with Crippen molar-refractivity contribution in [1.82, 2.24) is 15.3 Å². The largest absolute Gasteiger partial charge is 0.455 e. The number of carbonyl (C=O) groups is 1. The lowest BCUT2D eigenvalue weighted by atomic mass is 9.93. The maximum Gasteiger partial charge on any atom is 0.287 e. The molecule has 6 heteroatoms. The molecule has 1 amide bonds. The fourth-order valence-electron chi connectivity index (χ4n) is 3.91. The third kappa shape index (κ3) is 3.85. The molecule has 3 atom stereocenters. The summed E-state index contributed by atoms with van der Waals surface area (Å²) in [5.41, 5.74) is 1.91. The van der Waals surface area contributed by atoms with Crippen LogP contribution >= 0.6 is 11.8 Å². The lowest BCUT2D eigenvalue weighted by Gasteiger charge is -2.17. The average molecular weight is 369 g/mol. The van der Waals surface area contributed by atoms with Crippen molar-refractivity contribution in [2.75, 3.05) is 6.54 Å². The highest BCUT2D eigenvalue weighted by atomic mass is 32.2. The van der Waals surface area contributed by atoms with E-state index < -0.39 is 0 Å². The molecule has 1 saturated carbocycles. The van der Waals surface area contributed by atoms with Gasteiger partial charge in [-0.1, -0.05) is 23.9 Å². The van der Waals surface area contributed by atoms with Crippen molar-refractivity contribution in [1.29, 1.82) is 0 Å². The fourth-order valence-corrected chi connectivity index (χ4v) is 4.76. The van der Waals surface area contributed by atoms with Crippen LogP contribution in [0.5, 0.6) is 0 Å². The van der Waals surface area contributed by atoms with E-state index in [2.05, 4.69) is 27.4 Å². The van der Waals surface area contributed by atoms with E-state index >= 15 is 0 Å². The molecule has 5 nitrogen and oxygen atoms in total. The Bertz CT molecular complexity index is 825. The van der Waals surface area contributed by atoms with Crippen LogP contribution in [-0.2, 0) is 5.75 Å². The molecule has 0 saturated heterocycles. The number of furan rings is 1. The van der Waals surface area contributed by atoms with E-state index in [1.54, 1.807) is 6.07 Å². The predicted molar refractivity (Wildman–Crippen MR) is 101 cm³/mol. The van der Waals surface area contributed by atoms with Gasteiger partial charge in [0.15, 0.2) is 10.9 Å². The van der Waals surface area contributed by atoms with Crippen molar-refractivity contribution in [3.05, 3.63) is 53.3 Å². The minimum atomic E-state index is -0.129. The Kier molecular flexibility index (Phi) is 4.85. The number of hydrogen-bond donors (Lipinski definition) is 1. The van der Waals surface area contributed by atoms with Gasteiger partial charge in [0.05, 0.1) is 5.75 Å². The highest BCUT2D eigenvalue weighted by Crippen LogP contribution is 2.42. The predicted octanol–water partition coefficient (Wildman–Crippen LogP) is 3.92. The standard InChI is InChI=1S/C20H23N3O2S/c1-12-7-13(2)23-20(22-12)26-11-17-5-6-18(25-17)19(24)21-10-16-9-14-3-4-15(16)8-14/h3-7,14-16H,8-11H2,1-2H3,(H,21,24). The topological polar surface area (TPSA) is 68.0 Å². The van der Waals surface area contributed by atoms with Crippen molar-refractivity contribution in [2.24, 2.45) is 17.8 Å². The minimum Gasteiger partial charge on any atom is -0.455 e. The van der Waals surface area contributed by atoms with Crippen LogP contribution in [0.1, 0.15) is 40.5 Å². The van der Waals surface area contributed by atoms with E-state index in [1.807, 2.05) is 26.0 Å². The minimum absolute atomic E-state index is 0.129. The van der Waals surface area contributed by atoms with Crippen molar-refractivity contribution < 1.29 is 9.21 Å². The molecule has 136 valence electrons. The maximum atomic E-state index is 12.3. The number of carbonyl (C=O) groups excluding carboxylic acids is 1. The molecule has 3 unspecified atom stereocenters. The number of fused-ring (bicyclic) bond motifs is 2. The lowest BCUT2D eigenvalue weighted by molar-refractivity contribution is 0.0916. The Morgan fingerprint density at radius 1 is 1.23 bits per heavy atom. The molecule has 2 aliphatic rings. The molecule has 0 aromatic carbocycles. The molecular weight excluding hydrogens is 346 g/mol. The van der Waals surface area contributed by atoms with Crippen LogP contribution < -0.4 is 5.32 Å². The van der Waals surface area contributed by atoms with Crippen molar-refractivity contribution in [3.8, 4) is 0 Å². The summed E-state index contributed by atoms with van der Waals surface area (Å²) in [5.74, 6) is 3.54. The molecule has 0 radical (unpaired) electrons. The van der Waals surface area contributed by atoms with E-state index in [1.165, 1.54) is 24.6 Å². The number of nitrogens with one attached hydrogen (secondary N) is 1. The molecule has 1 N–H and O–H groups in total. The van der Waals surface area contributed by atoms with Gasteiger partial charge in [0, 0.05) is 17.9 Å². The van der Waals surface area contributed by atoms with Crippen molar-refractivity contribution in [3.63, 3.8) is 0 Å². The van der Waals surface area contributed by atoms with Crippen LogP contribution in [0.2, 0.25) is 0 Å². The first-order valence-electron chi connectivity index (χ1n) is 9.07. The molecule has 2 aromatic rings. The summed E-state index contributed by atoms with van der Waals surface area (Å²) >= 11 is 1.51. The van der Waals surface area contributed by atoms with Gasteiger partial charge in [0.25, 0.3) is 5.91 Å². The zero-order chi connectivity index (χ0) is 18.1. The van der Waals surface area contributed by atoms with Gasteiger partial charge in [0.2, 0.25) is 0 Å². The number of hydrogen-bond acceptors (Lipinski definition) is 5. The summed E-state index contributed by atoms with van der Waals surface area (Å²) in [5, 5.41) is 3.76. The van der Waals surface area contributed by atoms with E-state index in [-0.39, 0.29) is 5.91 Å². The normalized spacial score (nSPS) is 23.5. The monoisotopic (exact) mass is 369 g/mol. The summed E-state index contributed by atoms with van der Waals surface area (Å²) in [6.07, 6.45) is 7.07. The van der Waals surface area contributed by atoms with Crippen LogP contribution in [0.3, 0.4) is 0 Å². The van der Waals surface area contributed by atoms with Crippen LogP contribution in [0.25, 0.3) is 0 Å². The number of amides is 1. The third-order valence-electron chi connectivity index (χ3n) is 5.13. The summed E-state index contributed by atoms with van der Waals surface area (Å²) < 4.78 is 5.70. The van der Waals surface area contributed by atoms with Crippen LogP contribution in [-0.4, -0.2) is 22.4 Å². The zero-order valence-electron chi connectivity index (χ0n) is 15.1. The molecule has 2 aromatic heterocycles. The van der Waals surface area contributed by atoms with E-state index in [0.717, 1.165) is 34.8 Å². The fraction of sp³-hybridized carbons (Fsp3) is 0.450. The molecular formula is C20H23N3O2S. The molecule has 2 heterocycles. The van der Waals surface area contributed by atoms with Gasteiger partial charge in [-0.05, 0) is 62.6 Å². The Balaban J connectivity index is 1.29. The first-order chi connectivity index (χ1) is 12.6. The first-order valence-corrected chi connectivity index (χ1v) is 10.1. The Morgan fingerprint density at radius 2 is 2.04 bits per heavy atom. The van der Waals surface area contributed by atoms with E-state index in [0.29, 0.717) is 23.3 Å². The van der Waals surface area contributed by atoms with Crippen LogP contribution in [0.15, 0.2) is 39.9 Å². The Morgan fingerprint density at radius 3 is 2.73 bits per heavy atom. The molecule has 2 bridgehead atoms. The van der Waals surface area contributed by atoms with Gasteiger partial charge >= 0.3 is 0 Å². The highest BCUT2D eigenvalue weighted by molar-refractivity contribution is 7.98. The lowest BCUT2D eigenvalue weighted by Crippen LogP contribution is -2.30. The summed E-state index contributed by atoms with van der Waals surface area (Å²) in [6, 6.07) is 5.55. The van der Waals surface area contributed by atoms with Crippen LogP contribution in [0.4, 0.5) is 0 Å². The van der Waals surface area contributed by atoms with Gasteiger partial charge in [-0.25, -0.2) is 9.97 Å². The van der Waals surface area contributed by atoms with E-state index in [4.69, 9.17) is 4.42 Å². The maximum absolute atomic E-state index is 12.3. The quantitative estimate of drug-likeness (QED) is 0.475. The van der Waals surface area contributed by atoms with Crippen molar-refractivity contribution >= 4 is 17.7 Å². The molecule has 4 rings (SSSR count). The summed E-state index contributed by atoms with van der Waals surface area (Å²) in [4.78, 5) is 21.1. The van der Waals surface area contributed by atoms with Crippen molar-refractivity contribution in [2.45, 2.75) is 37.6 Å². The van der Waals surface area contributed by atoms with E-state index in [9.17, 15) is 4.79 Å². The van der Waals surface area contributed by atoms with Gasteiger partial charge in [0.1, 0.15) is 5.76 Å². The van der Waals surface area contributed by atoms with Crippen LogP contribution in [0, 0.1) is 31.6 Å². The molecule has 2 aliphatic carbocycles. The third-order valence-corrected chi connectivity index (χ3v) is 6.00. The second kappa shape index (κ2) is 7.27. The Labute approximate surface area is 157 Å². The Hall–Kier alpha value is -2.08. The smallest absolute Gasteiger partial charge is 0.287 e. The summed E-state index contributed by atoms with van der Waals surface area (Å²) in [7, 11) is 0. The average Bonchev–Trinajstić information content (AvgIpc) is 3.33. The van der Waals surface area contributed by atoms with Gasteiger partial charge in [-0.2, -0.15) is 0 Å². The van der Waals surface area contributed by atoms with Gasteiger partial charge < -0.3 is 9.73 Å². The molecule has 0 aliphatic heterocycles. The van der Waals surface area contributed by atoms with Gasteiger partial charge in [-0.15, -0.1) is 0 Å². The number of rotatable bonds is 6. The second-order valence-corrected chi connectivity index (χ2v) is 8.18. The number of allylic oxidation sites excluding steroid dienone is 2. The number of thioether (sulfide) groups is 1. The molecule has 26 heavy (non-hydrogen) atoms. The SMILES string of the molecule is Cc1cc(C)nc(SCc2ccc(C(=O)NCC3CC4C=CC3C4)o2)n1. The zero-order valence-corrected chi connectivity index (χ0v) is 15.9. The first kappa shape index (κ1) is 17.3. The number of nitrogens with zero attached hydrogens (tertiary/aromatic N) is 2. The second-order valence-electron chi connectivity index (χ2n) is 7.24. The summed E-state index contributed by atoms with van der Waals surface area (Å²) in [6.45, 7) is 4.64. The number of aromatic nitrogens is 2. The molecule has 0 spiro atoms. The number of aryl methyl sites for hydroxylation is 2. The highest BCUT2D eigenvalue weighted by Gasteiger charge is 2.35. The van der Waals surface area contributed by atoms with Gasteiger partial charge in [-0.3, -0.25) is 4.79 Å². The molecule has 1 fully saturated rings.